The summed E-state index contributed by atoms with van der Waals surface area (Å²) in [6.45, 7) is 2.80. The van der Waals surface area contributed by atoms with Crippen molar-refractivity contribution in [3.63, 3.8) is 0 Å². The van der Waals surface area contributed by atoms with Gasteiger partial charge < -0.3 is 4.74 Å². The summed E-state index contributed by atoms with van der Waals surface area (Å²) in [7, 11) is 0. The fourth-order valence-electron chi connectivity index (χ4n) is 4.32. The van der Waals surface area contributed by atoms with Crippen molar-refractivity contribution in [3.05, 3.63) is 23.3 Å². The van der Waals surface area contributed by atoms with Gasteiger partial charge in [-0.2, -0.15) is 0 Å². The molecule has 1 spiro atoms. The van der Waals surface area contributed by atoms with E-state index in [1.165, 1.54) is 50.5 Å². The van der Waals surface area contributed by atoms with E-state index >= 15 is 0 Å². The van der Waals surface area contributed by atoms with Crippen LogP contribution in [0, 0.1) is 0 Å². The van der Waals surface area contributed by atoms with Gasteiger partial charge in [-0.05, 0) is 25.7 Å². The molecule has 4 nitrogen and oxygen atoms in total. The molecule has 0 N–H and O–H groups in total. The Hall–Kier alpha value is -1.00. The van der Waals surface area contributed by atoms with Crippen LogP contribution in [-0.2, 0) is 16.9 Å². The van der Waals surface area contributed by atoms with Crippen LogP contribution in [-0.4, -0.2) is 34.0 Å². The largest absolute Gasteiger partial charge is 0.361 e. The van der Waals surface area contributed by atoms with Crippen LogP contribution in [0.3, 0.4) is 0 Å². The lowest BCUT2D eigenvalue weighted by Gasteiger charge is -2.51. The highest BCUT2D eigenvalue weighted by Gasteiger charge is 2.52. The van der Waals surface area contributed by atoms with E-state index in [4.69, 9.17) is 9.72 Å². The first-order valence-electron chi connectivity index (χ1n) is 8.58. The molecule has 112 valence electrons. The molecule has 5 rings (SSSR count). The van der Waals surface area contributed by atoms with Crippen LogP contribution in [0.25, 0.3) is 0 Å². The van der Waals surface area contributed by atoms with E-state index in [1.54, 1.807) is 0 Å². The van der Waals surface area contributed by atoms with Gasteiger partial charge in [-0.3, -0.25) is 4.90 Å². The summed E-state index contributed by atoms with van der Waals surface area (Å²) < 4.78 is 6.18. The summed E-state index contributed by atoms with van der Waals surface area (Å²) in [6, 6.07) is 0.795. The van der Waals surface area contributed by atoms with Crippen molar-refractivity contribution in [2.24, 2.45) is 0 Å². The highest BCUT2D eigenvalue weighted by Crippen LogP contribution is 2.46. The summed E-state index contributed by atoms with van der Waals surface area (Å²) in [5, 5.41) is 0. The summed E-state index contributed by atoms with van der Waals surface area (Å²) in [5.74, 6) is 1.69. The monoisotopic (exact) mass is 285 g/mol. The topological polar surface area (TPSA) is 38.2 Å². The number of aromatic nitrogens is 2. The van der Waals surface area contributed by atoms with Crippen molar-refractivity contribution in [1.29, 1.82) is 0 Å². The van der Waals surface area contributed by atoms with Gasteiger partial charge in [-0.15, -0.1) is 0 Å². The summed E-state index contributed by atoms with van der Waals surface area (Å²) >= 11 is 0. The Bertz CT molecular complexity index is 557. The van der Waals surface area contributed by atoms with Crippen molar-refractivity contribution in [2.45, 2.75) is 69.1 Å². The third-order valence-electron chi connectivity index (χ3n) is 5.81. The second-order valence-electron chi connectivity index (χ2n) is 7.34. The van der Waals surface area contributed by atoms with E-state index in [2.05, 4.69) is 16.1 Å². The Labute approximate surface area is 125 Å². The number of rotatable bonds is 2. The van der Waals surface area contributed by atoms with E-state index < -0.39 is 0 Å². The third kappa shape index (κ3) is 1.95. The van der Waals surface area contributed by atoms with E-state index in [0.29, 0.717) is 12.5 Å². The Morgan fingerprint density at radius 1 is 1.10 bits per heavy atom. The molecule has 21 heavy (non-hydrogen) atoms. The Balaban J connectivity index is 1.34. The predicted octanol–water partition coefficient (Wildman–Crippen LogP) is 2.73. The molecule has 0 unspecified atom stereocenters. The molecule has 2 aliphatic heterocycles. The number of hydrogen-bond donors (Lipinski definition) is 0. The second-order valence-corrected chi connectivity index (χ2v) is 7.34. The van der Waals surface area contributed by atoms with Crippen molar-refractivity contribution in [1.82, 2.24) is 14.9 Å². The van der Waals surface area contributed by atoms with Crippen LogP contribution in [0.5, 0.6) is 0 Å². The minimum atomic E-state index is -0.0745. The number of fused-ring (bicyclic) bond motifs is 2. The summed E-state index contributed by atoms with van der Waals surface area (Å²) in [6.07, 6.45) is 11.6. The summed E-state index contributed by atoms with van der Waals surface area (Å²) in [4.78, 5) is 12.0. The van der Waals surface area contributed by atoms with Gasteiger partial charge in [0.1, 0.15) is 11.4 Å². The predicted molar refractivity (Wildman–Crippen MR) is 78.9 cm³/mol. The van der Waals surface area contributed by atoms with Gasteiger partial charge in [-0.1, -0.05) is 19.3 Å². The fraction of sp³-hybridized carbons (Fsp3) is 0.765. The minimum Gasteiger partial charge on any atom is -0.361 e. The van der Waals surface area contributed by atoms with E-state index in [-0.39, 0.29) is 5.60 Å². The van der Waals surface area contributed by atoms with Crippen LogP contribution >= 0.6 is 0 Å². The quantitative estimate of drug-likeness (QED) is 0.837. The lowest BCUT2D eigenvalue weighted by atomic mass is 9.83. The van der Waals surface area contributed by atoms with Crippen LogP contribution in [0.1, 0.15) is 67.9 Å². The Morgan fingerprint density at radius 2 is 1.90 bits per heavy atom. The number of ether oxygens (including phenoxy) is 1. The van der Waals surface area contributed by atoms with Gasteiger partial charge in [0.05, 0.1) is 12.3 Å². The maximum Gasteiger partial charge on any atom is 0.131 e. The molecule has 4 heteroatoms. The average Bonchev–Trinajstić information content (AvgIpc) is 3.27. The molecule has 0 amide bonds. The minimum absolute atomic E-state index is 0.0745. The summed E-state index contributed by atoms with van der Waals surface area (Å²) in [5.41, 5.74) is 2.36. The molecule has 4 aliphatic rings. The molecule has 0 aromatic carbocycles. The molecule has 0 bridgehead atoms. The lowest BCUT2D eigenvalue weighted by molar-refractivity contribution is -0.158. The highest BCUT2D eigenvalue weighted by atomic mass is 16.5. The number of likely N-dealkylation sites (tertiary alicyclic amines) is 1. The first kappa shape index (κ1) is 12.5. The van der Waals surface area contributed by atoms with E-state index in [1.807, 2.05) is 0 Å². The zero-order valence-electron chi connectivity index (χ0n) is 12.6. The van der Waals surface area contributed by atoms with Crippen molar-refractivity contribution in [3.8, 4) is 0 Å². The Morgan fingerprint density at radius 3 is 2.67 bits per heavy atom. The maximum atomic E-state index is 6.18. The molecule has 2 saturated carbocycles. The number of nitrogens with zero attached hydrogens (tertiary/aromatic N) is 3. The molecule has 1 aromatic rings. The molecule has 2 aliphatic carbocycles. The third-order valence-corrected chi connectivity index (χ3v) is 5.81. The van der Waals surface area contributed by atoms with Crippen molar-refractivity contribution in [2.75, 3.05) is 13.1 Å². The smallest absolute Gasteiger partial charge is 0.131 e. The fourth-order valence-corrected chi connectivity index (χ4v) is 4.32. The normalized spacial score (nSPS) is 28.6. The molecule has 1 saturated heterocycles. The molecule has 3 fully saturated rings. The molecular weight excluding hydrogens is 262 g/mol. The zero-order valence-corrected chi connectivity index (χ0v) is 12.6. The highest BCUT2D eigenvalue weighted by molar-refractivity contribution is 5.33. The van der Waals surface area contributed by atoms with Gasteiger partial charge in [0.25, 0.3) is 0 Å². The average molecular weight is 285 g/mol. The maximum absolute atomic E-state index is 6.18. The first-order valence-corrected chi connectivity index (χ1v) is 8.58. The van der Waals surface area contributed by atoms with Gasteiger partial charge in [0.15, 0.2) is 0 Å². The lowest BCUT2D eigenvalue weighted by Crippen LogP contribution is -2.62. The standard InChI is InChI=1S/C17H23N3O/c1-2-4-13(5-3-1)20-10-17(11-20)14-8-18-16(12-6-7-12)19-15(14)9-21-17/h8,12-13H,1-7,9-11H2. The van der Waals surface area contributed by atoms with Crippen LogP contribution in [0.4, 0.5) is 0 Å². The molecule has 0 radical (unpaired) electrons. The molecule has 1 aromatic heterocycles. The van der Waals surface area contributed by atoms with Crippen LogP contribution in [0.2, 0.25) is 0 Å². The number of hydrogen-bond acceptors (Lipinski definition) is 4. The van der Waals surface area contributed by atoms with Crippen molar-refractivity contribution >= 4 is 0 Å². The van der Waals surface area contributed by atoms with Crippen LogP contribution < -0.4 is 0 Å². The second kappa shape index (κ2) is 4.50. The van der Waals surface area contributed by atoms with E-state index in [9.17, 15) is 0 Å². The van der Waals surface area contributed by atoms with Gasteiger partial charge in [0, 0.05) is 36.8 Å². The van der Waals surface area contributed by atoms with Crippen molar-refractivity contribution < 1.29 is 4.74 Å². The first-order chi connectivity index (χ1) is 10.3. The SMILES string of the molecule is c1nc(C2CC2)nc2c1C1(CN(C3CCCCC3)C1)OC2. The van der Waals surface area contributed by atoms with Gasteiger partial charge in [0.2, 0.25) is 0 Å². The molecule has 0 atom stereocenters. The zero-order chi connectivity index (χ0) is 13.9. The molecule has 3 heterocycles. The van der Waals surface area contributed by atoms with Gasteiger partial charge >= 0.3 is 0 Å². The Kier molecular flexibility index (Phi) is 2.68. The van der Waals surface area contributed by atoms with E-state index in [0.717, 1.165) is 30.6 Å². The molecular formula is C17H23N3O. The van der Waals surface area contributed by atoms with Crippen LogP contribution in [0.15, 0.2) is 6.20 Å². The van der Waals surface area contributed by atoms with Gasteiger partial charge in [-0.25, -0.2) is 9.97 Å².